The second kappa shape index (κ2) is 2.92. The number of hydrogen-bond donors (Lipinski definition) is 0. The minimum absolute atomic E-state index is 0.541. The van der Waals surface area contributed by atoms with Crippen molar-refractivity contribution in [3.8, 4) is 10.6 Å². The number of thiazole rings is 1. The summed E-state index contributed by atoms with van der Waals surface area (Å²) in [7, 11) is 0. The number of nitrogens with zero attached hydrogens (tertiary/aromatic N) is 1. The van der Waals surface area contributed by atoms with E-state index in [0.717, 1.165) is 16.4 Å². The molecule has 12 heavy (non-hydrogen) atoms. The average Bonchev–Trinajstić information content (AvgIpc) is 2.58. The van der Waals surface area contributed by atoms with E-state index in [4.69, 9.17) is 16.0 Å². The van der Waals surface area contributed by atoms with E-state index in [1.807, 2.05) is 19.1 Å². The van der Waals surface area contributed by atoms with Crippen LogP contribution in [0.3, 0.4) is 0 Å². The van der Waals surface area contributed by atoms with Gasteiger partial charge in [0.05, 0.1) is 11.1 Å². The van der Waals surface area contributed by atoms with Crippen LogP contribution < -0.4 is 0 Å². The van der Waals surface area contributed by atoms with Gasteiger partial charge < -0.3 is 4.42 Å². The minimum Gasteiger partial charge on any atom is -0.460 e. The molecule has 2 heterocycles. The summed E-state index contributed by atoms with van der Waals surface area (Å²) in [6, 6.07) is 3.84. The standard InChI is InChI=1S/C8H6ClNOS/c1-5-2-3-6(11-5)7-4-10-8(9)12-7/h2-4H,1H3. The van der Waals surface area contributed by atoms with Crippen LogP contribution >= 0.6 is 22.9 Å². The van der Waals surface area contributed by atoms with Gasteiger partial charge in [0.2, 0.25) is 0 Å². The Bertz CT molecular complexity index is 355. The van der Waals surface area contributed by atoms with Crippen molar-refractivity contribution >= 4 is 22.9 Å². The summed E-state index contributed by atoms with van der Waals surface area (Å²) in [6.45, 7) is 1.91. The van der Waals surface area contributed by atoms with Crippen LogP contribution in [0.5, 0.6) is 0 Å². The second-order valence-corrected chi connectivity index (χ2v) is 4.00. The Balaban J connectivity index is 2.43. The number of rotatable bonds is 1. The van der Waals surface area contributed by atoms with Crippen molar-refractivity contribution in [3.05, 3.63) is 28.6 Å². The van der Waals surface area contributed by atoms with Crippen molar-refractivity contribution in [2.24, 2.45) is 0 Å². The molecule has 0 aliphatic heterocycles. The lowest BCUT2D eigenvalue weighted by atomic mass is 10.4. The van der Waals surface area contributed by atoms with E-state index in [2.05, 4.69) is 4.98 Å². The molecule has 2 nitrogen and oxygen atoms in total. The lowest BCUT2D eigenvalue weighted by Gasteiger charge is -1.86. The first-order valence-corrected chi connectivity index (χ1v) is 4.63. The van der Waals surface area contributed by atoms with Gasteiger partial charge in [-0.15, -0.1) is 0 Å². The van der Waals surface area contributed by atoms with Gasteiger partial charge in [0.25, 0.3) is 0 Å². The molecule has 0 saturated heterocycles. The zero-order valence-corrected chi connectivity index (χ0v) is 7.95. The lowest BCUT2D eigenvalue weighted by Crippen LogP contribution is -1.61. The van der Waals surface area contributed by atoms with E-state index >= 15 is 0 Å². The highest BCUT2D eigenvalue weighted by Gasteiger charge is 2.05. The molecular weight excluding hydrogens is 194 g/mol. The summed E-state index contributed by atoms with van der Waals surface area (Å²) in [6.07, 6.45) is 1.71. The Morgan fingerprint density at radius 3 is 2.83 bits per heavy atom. The first-order chi connectivity index (χ1) is 5.75. The van der Waals surface area contributed by atoms with E-state index < -0.39 is 0 Å². The second-order valence-electron chi connectivity index (χ2n) is 2.39. The predicted octanol–water partition coefficient (Wildman–Crippen LogP) is 3.36. The third-order valence-corrected chi connectivity index (χ3v) is 2.59. The van der Waals surface area contributed by atoms with Crippen molar-refractivity contribution in [2.75, 3.05) is 0 Å². The van der Waals surface area contributed by atoms with Crippen molar-refractivity contribution < 1.29 is 4.42 Å². The van der Waals surface area contributed by atoms with Crippen molar-refractivity contribution in [3.63, 3.8) is 0 Å². The molecule has 0 bridgehead atoms. The fraction of sp³-hybridized carbons (Fsp3) is 0.125. The quantitative estimate of drug-likeness (QED) is 0.704. The van der Waals surface area contributed by atoms with Gasteiger partial charge in [-0.25, -0.2) is 4.98 Å². The Labute approximate surface area is 78.8 Å². The van der Waals surface area contributed by atoms with Crippen LogP contribution in [-0.2, 0) is 0 Å². The molecule has 2 aromatic heterocycles. The maximum atomic E-state index is 5.68. The molecule has 2 aromatic rings. The maximum absolute atomic E-state index is 5.68. The highest BCUT2D eigenvalue weighted by Crippen LogP contribution is 2.29. The van der Waals surface area contributed by atoms with Gasteiger partial charge in [-0.05, 0) is 19.1 Å². The highest BCUT2D eigenvalue weighted by molar-refractivity contribution is 7.18. The summed E-state index contributed by atoms with van der Waals surface area (Å²) >= 11 is 7.10. The molecule has 0 N–H and O–H groups in total. The third-order valence-electron chi connectivity index (χ3n) is 1.46. The van der Waals surface area contributed by atoms with E-state index in [1.165, 1.54) is 11.3 Å². The summed E-state index contributed by atoms with van der Waals surface area (Å²) in [5, 5.41) is 0. The molecule has 2 rings (SSSR count). The zero-order chi connectivity index (χ0) is 8.55. The Morgan fingerprint density at radius 2 is 2.33 bits per heavy atom. The molecule has 0 saturated carbocycles. The maximum Gasteiger partial charge on any atom is 0.184 e. The third kappa shape index (κ3) is 1.38. The SMILES string of the molecule is Cc1ccc(-c2cnc(Cl)s2)o1. The Hall–Kier alpha value is -0.800. The van der Waals surface area contributed by atoms with E-state index in [-0.39, 0.29) is 0 Å². The van der Waals surface area contributed by atoms with Gasteiger partial charge in [-0.1, -0.05) is 22.9 Å². The molecule has 0 amide bonds. The molecule has 0 fully saturated rings. The van der Waals surface area contributed by atoms with Crippen molar-refractivity contribution in [1.29, 1.82) is 0 Å². The fourth-order valence-electron chi connectivity index (χ4n) is 0.934. The Kier molecular flexibility index (Phi) is 1.90. The molecule has 0 unspecified atom stereocenters. The smallest absolute Gasteiger partial charge is 0.184 e. The van der Waals surface area contributed by atoms with Gasteiger partial charge in [0, 0.05) is 0 Å². The highest BCUT2D eigenvalue weighted by atomic mass is 35.5. The van der Waals surface area contributed by atoms with Crippen molar-refractivity contribution in [1.82, 2.24) is 4.98 Å². The molecule has 0 radical (unpaired) electrons. The summed E-state index contributed by atoms with van der Waals surface area (Å²) in [5.41, 5.74) is 0. The number of hydrogen-bond acceptors (Lipinski definition) is 3. The van der Waals surface area contributed by atoms with Gasteiger partial charge in [0.15, 0.2) is 4.47 Å². The topological polar surface area (TPSA) is 26.0 Å². The first kappa shape index (κ1) is 7.83. The van der Waals surface area contributed by atoms with Crippen LogP contribution in [0.4, 0.5) is 0 Å². The molecule has 62 valence electrons. The van der Waals surface area contributed by atoms with Gasteiger partial charge in [0.1, 0.15) is 11.5 Å². The number of aromatic nitrogens is 1. The number of aryl methyl sites for hydroxylation is 1. The molecular formula is C8H6ClNOS. The van der Waals surface area contributed by atoms with Crippen LogP contribution in [0.15, 0.2) is 22.7 Å². The Morgan fingerprint density at radius 1 is 1.50 bits per heavy atom. The summed E-state index contributed by atoms with van der Waals surface area (Å²) < 4.78 is 5.94. The van der Waals surface area contributed by atoms with Crippen LogP contribution in [0, 0.1) is 6.92 Å². The molecule has 0 atom stereocenters. The normalized spacial score (nSPS) is 10.5. The van der Waals surface area contributed by atoms with Gasteiger partial charge >= 0.3 is 0 Å². The zero-order valence-electron chi connectivity index (χ0n) is 6.37. The molecule has 4 heteroatoms. The van der Waals surface area contributed by atoms with E-state index in [1.54, 1.807) is 6.20 Å². The molecule has 0 aliphatic carbocycles. The van der Waals surface area contributed by atoms with Crippen LogP contribution in [-0.4, -0.2) is 4.98 Å². The van der Waals surface area contributed by atoms with Gasteiger partial charge in [-0.2, -0.15) is 0 Å². The van der Waals surface area contributed by atoms with Crippen LogP contribution in [0.2, 0.25) is 4.47 Å². The minimum atomic E-state index is 0.541. The van der Waals surface area contributed by atoms with E-state index in [9.17, 15) is 0 Å². The lowest BCUT2D eigenvalue weighted by molar-refractivity contribution is 0.549. The van der Waals surface area contributed by atoms with Crippen LogP contribution in [0.25, 0.3) is 10.6 Å². The van der Waals surface area contributed by atoms with Crippen molar-refractivity contribution in [2.45, 2.75) is 6.92 Å². The van der Waals surface area contributed by atoms with E-state index in [0.29, 0.717) is 4.47 Å². The van der Waals surface area contributed by atoms with Crippen LogP contribution in [0.1, 0.15) is 5.76 Å². The number of furan rings is 1. The molecule has 0 spiro atoms. The summed E-state index contributed by atoms with van der Waals surface area (Å²) in [4.78, 5) is 4.89. The predicted molar refractivity (Wildman–Crippen MR) is 49.6 cm³/mol. The molecule has 0 aromatic carbocycles. The number of halogens is 1. The van der Waals surface area contributed by atoms with Gasteiger partial charge in [-0.3, -0.25) is 0 Å². The first-order valence-electron chi connectivity index (χ1n) is 3.44. The average molecular weight is 200 g/mol. The fourth-order valence-corrected chi connectivity index (χ4v) is 1.83. The largest absolute Gasteiger partial charge is 0.460 e. The molecule has 0 aliphatic rings. The summed E-state index contributed by atoms with van der Waals surface area (Å²) in [5.74, 6) is 1.73. The monoisotopic (exact) mass is 199 g/mol.